The molecule has 0 amide bonds. The predicted molar refractivity (Wildman–Crippen MR) is 54.9 cm³/mol. The van der Waals surface area contributed by atoms with Gasteiger partial charge in [-0.15, -0.1) is 0 Å². The molecule has 0 rings (SSSR count). The Labute approximate surface area is 81.5 Å². The number of aliphatic hydroxyl groups is 1. The van der Waals surface area contributed by atoms with Gasteiger partial charge in [0.2, 0.25) is 0 Å². The standard InChI is InChI=1S/C10H23NO2/c1-8(2)11-10(5,6-12)7-13-9(3)4/h8-9,11-12H,6-7H2,1-5H3. The third kappa shape index (κ3) is 6.02. The first-order chi connectivity index (χ1) is 5.89. The molecule has 3 heteroatoms. The van der Waals surface area contributed by atoms with Crippen LogP contribution in [0.1, 0.15) is 34.6 Å². The van der Waals surface area contributed by atoms with E-state index >= 15 is 0 Å². The number of nitrogens with one attached hydrogen (secondary N) is 1. The van der Waals surface area contributed by atoms with Crippen LogP contribution in [0.4, 0.5) is 0 Å². The summed E-state index contributed by atoms with van der Waals surface area (Å²) in [6, 6.07) is 0.355. The van der Waals surface area contributed by atoms with Crippen molar-refractivity contribution in [1.82, 2.24) is 5.32 Å². The Morgan fingerprint density at radius 1 is 1.31 bits per heavy atom. The van der Waals surface area contributed by atoms with Crippen LogP contribution in [0.25, 0.3) is 0 Å². The Bertz CT molecular complexity index is 137. The Morgan fingerprint density at radius 3 is 2.15 bits per heavy atom. The molecule has 0 fully saturated rings. The summed E-state index contributed by atoms with van der Waals surface area (Å²) in [5, 5.41) is 12.5. The number of rotatable bonds is 6. The van der Waals surface area contributed by atoms with E-state index in [1.165, 1.54) is 0 Å². The van der Waals surface area contributed by atoms with Gasteiger partial charge >= 0.3 is 0 Å². The average Bonchev–Trinajstić information content (AvgIpc) is 2.00. The van der Waals surface area contributed by atoms with E-state index in [1.54, 1.807) is 0 Å². The van der Waals surface area contributed by atoms with E-state index in [4.69, 9.17) is 4.74 Å². The first kappa shape index (κ1) is 12.9. The average molecular weight is 189 g/mol. The molecule has 2 N–H and O–H groups in total. The summed E-state index contributed by atoms with van der Waals surface area (Å²) in [7, 11) is 0. The highest BCUT2D eigenvalue weighted by Gasteiger charge is 2.24. The van der Waals surface area contributed by atoms with Gasteiger partial charge < -0.3 is 15.2 Å². The Morgan fingerprint density at radius 2 is 1.85 bits per heavy atom. The maximum atomic E-state index is 9.20. The predicted octanol–water partition coefficient (Wildman–Crippen LogP) is 1.16. The quantitative estimate of drug-likeness (QED) is 0.659. The minimum Gasteiger partial charge on any atom is -0.394 e. The molecule has 0 aromatic rings. The van der Waals surface area contributed by atoms with Gasteiger partial charge in [-0.2, -0.15) is 0 Å². The van der Waals surface area contributed by atoms with E-state index in [1.807, 2.05) is 20.8 Å². The lowest BCUT2D eigenvalue weighted by Gasteiger charge is -2.31. The number of hydrogen-bond donors (Lipinski definition) is 2. The van der Waals surface area contributed by atoms with Crippen molar-refractivity contribution in [2.75, 3.05) is 13.2 Å². The molecular weight excluding hydrogens is 166 g/mol. The van der Waals surface area contributed by atoms with E-state index in [0.717, 1.165) is 0 Å². The molecule has 0 radical (unpaired) electrons. The molecule has 1 unspecified atom stereocenters. The van der Waals surface area contributed by atoms with Gasteiger partial charge in [-0.05, 0) is 20.8 Å². The topological polar surface area (TPSA) is 41.5 Å². The van der Waals surface area contributed by atoms with Crippen molar-refractivity contribution in [3.05, 3.63) is 0 Å². The second-order valence-corrected chi connectivity index (χ2v) is 4.38. The maximum Gasteiger partial charge on any atom is 0.0671 e. The summed E-state index contributed by atoms with van der Waals surface area (Å²) >= 11 is 0. The van der Waals surface area contributed by atoms with Crippen molar-refractivity contribution < 1.29 is 9.84 Å². The van der Waals surface area contributed by atoms with Gasteiger partial charge in [0, 0.05) is 6.04 Å². The number of aliphatic hydroxyl groups excluding tert-OH is 1. The van der Waals surface area contributed by atoms with Crippen LogP contribution in [0, 0.1) is 0 Å². The van der Waals surface area contributed by atoms with E-state index in [0.29, 0.717) is 12.6 Å². The zero-order chi connectivity index (χ0) is 10.5. The molecule has 1 atom stereocenters. The lowest BCUT2D eigenvalue weighted by atomic mass is 10.0. The van der Waals surface area contributed by atoms with Crippen LogP contribution in [0.5, 0.6) is 0 Å². The molecular formula is C10H23NO2. The molecule has 0 aliphatic heterocycles. The fourth-order valence-electron chi connectivity index (χ4n) is 1.18. The second kappa shape index (κ2) is 5.58. The lowest BCUT2D eigenvalue weighted by Crippen LogP contribution is -2.52. The third-order valence-electron chi connectivity index (χ3n) is 1.72. The van der Waals surface area contributed by atoms with Gasteiger partial charge in [-0.3, -0.25) is 0 Å². The van der Waals surface area contributed by atoms with E-state index in [9.17, 15) is 5.11 Å². The molecule has 0 aromatic heterocycles. The monoisotopic (exact) mass is 189 g/mol. The minimum absolute atomic E-state index is 0.0951. The van der Waals surface area contributed by atoms with Gasteiger partial charge in [-0.1, -0.05) is 13.8 Å². The van der Waals surface area contributed by atoms with Crippen LogP contribution in [-0.4, -0.2) is 36.0 Å². The maximum absolute atomic E-state index is 9.20. The summed E-state index contributed by atoms with van der Waals surface area (Å²) in [5.74, 6) is 0. The van der Waals surface area contributed by atoms with Gasteiger partial charge in [0.15, 0.2) is 0 Å². The van der Waals surface area contributed by atoms with Crippen LogP contribution in [0.3, 0.4) is 0 Å². The van der Waals surface area contributed by atoms with Gasteiger partial charge in [0.1, 0.15) is 0 Å². The molecule has 0 heterocycles. The summed E-state index contributed by atoms with van der Waals surface area (Å²) < 4.78 is 5.48. The van der Waals surface area contributed by atoms with E-state index < -0.39 is 0 Å². The molecule has 0 aromatic carbocycles. The summed E-state index contributed by atoms with van der Waals surface area (Å²) in [5.41, 5.74) is -0.321. The SMILES string of the molecule is CC(C)NC(C)(CO)COC(C)C. The van der Waals surface area contributed by atoms with Gasteiger partial charge in [0.05, 0.1) is 24.9 Å². The van der Waals surface area contributed by atoms with E-state index in [2.05, 4.69) is 19.2 Å². The van der Waals surface area contributed by atoms with Crippen molar-refractivity contribution >= 4 is 0 Å². The zero-order valence-corrected chi connectivity index (χ0v) is 9.42. The molecule has 0 saturated heterocycles. The molecule has 0 aliphatic carbocycles. The molecule has 0 saturated carbocycles. The highest BCUT2D eigenvalue weighted by Crippen LogP contribution is 2.06. The molecule has 13 heavy (non-hydrogen) atoms. The van der Waals surface area contributed by atoms with Crippen LogP contribution in [0.2, 0.25) is 0 Å². The zero-order valence-electron chi connectivity index (χ0n) is 9.42. The first-order valence-electron chi connectivity index (χ1n) is 4.90. The Kier molecular flexibility index (Phi) is 5.53. The fraction of sp³-hybridized carbons (Fsp3) is 1.00. The third-order valence-corrected chi connectivity index (χ3v) is 1.72. The van der Waals surface area contributed by atoms with Crippen molar-refractivity contribution in [3.63, 3.8) is 0 Å². The molecule has 0 spiro atoms. The van der Waals surface area contributed by atoms with Gasteiger partial charge in [0.25, 0.3) is 0 Å². The van der Waals surface area contributed by atoms with Crippen molar-refractivity contribution in [2.24, 2.45) is 0 Å². The van der Waals surface area contributed by atoms with Crippen molar-refractivity contribution in [3.8, 4) is 0 Å². The van der Waals surface area contributed by atoms with Crippen LogP contribution >= 0.6 is 0 Å². The Hall–Kier alpha value is -0.120. The van der Waals surface area contributed by atoms with Gasteiger partial charge in [-0.25, -0.2) is 0 Å². The summed E-state index contributed by atoms with van der Waals surface area (Å²) in [6.07, 6.45) is 0.208. The lowest BCUT2D eigenvalue weighted by molar-refractivity contribution is 0.00910. The van der Waals surface area contributed by atoms with Crippen LogP contribution in [0.15, 0.2) is 0 Å². The molecule has 3 nitrogen and oxygen atoms in total. The molecule has 0 aliphatic rings. The Balaban J connectivity index is 3.96. The van der Waals surface area contributed by atoms with Crippen LogP contribution < -0.4 is 5.32 Å². The second-order valence-electron chi connectivity index (χ2n) is 4.38. The first-order valence-corrected chi connectivity index (χ1v) is 4.90. The number of ether oxygens (including phenoxy) is 1. The van der Waals surface area contributed by atoms with E-state index in [-0.39, 0.29) is 18.2 Å². The highest BCUT2D eigenvalue weighted by molar-refractivity contribution is 4.83. The summed E-state index contributed by atoms with van der Waals surface area (Å²) in [6.45, 7) is 10.7. The van der Waals surface area contributed by atoms with Crippen molar-refractivity contribution in [1.29, 1.82) is 0 Å². The largest absolute Gasteiger partial charge is 0.394 e. The summed E-state index contributed by atoms with van der Waals surface area (Å²) in [4.78, 5) is 0. The normalized spacial score (nSPS) is 16.6. The van der Waals surface area contributed by atoms with Crippen LogP contribution in [-0.2, 0) is 4.74 Å². The fourth-order valence-corrected chi connectivity index (χ4v) is 1.18. The minimum atomic E-state index is -0.321. The molecule has 80 valence electrons. The highest BCUT2D eigenvalue weighted by atomic mass is 16.5. The smallest absolute Gasteiger partial charge is 0.0671 e. The van der Waals surface area contributed by atoms with Crippen molar-refractivity contribution in [2.45, 2.75) is 52.3 Å². The molecule has 0 bridgehead atoms. The number of hydrogen-bond acceptors (Lipinski definition) is 3.